The second-order valence-corrected chi connectivity index (χ2v) is 3.20. The van der Waals surface area contributed by atoms with Gasteiger partial charge < -0.3 is 14.2 Å². The minimum absolute atomic E-state index is 0.469. The van der Waals surface area contributed by atoms with Gasteiger partial charge >= 0.3 is 11.9 Å². The lowest BCUT2D eigenvalue weighted by atomic mass is 10.1. The maximum absolute atomic E-state index is 11.0. The van der Waals surface area contributed by atoms with Crippen molar-refractivity contribution in [2.45, 2.75) is 25.2 Å². The van der Waals surface area contributed by atoms with Crippen molar-refractivity contribution >= 4 is 11.9 Å². The summed E-state index contributed by atoms with van der Waals surface area (Å²) in [6.07, 6.45) is 1.99. The van der Waals surface area contributed by atoms with Crippen molar-refractivity contribution in [3.63, 3.8) is 0 Å². The first kappa shape index (κ1) is 12.4. The summed E-state index contributed by atoms with van der Waals surface area (Å²) in [6, 6.07) is 0. The van der Waals surface area contributed by atoms with E-state index in [2.05, 4.69) is 13.2 Å². The second-order valence-electron chi connectivity index (χ2n) is 3.20. The van der Waals surface area contributed by atoms with Crippen LogP contribution in [0, 0.1) is 0 Å². The predicted molar refractivity (Wildman–Crippen MR) is 55.3 cm³/mol. The molecule has 0 aromatic rings. The Morgan fingerprint density at radius 2 is 1.81 bits per heavy atom. The van der Waals surface area contributed by atoms with Crippen molar-refractivity contribution in [1.82, 2.24) is 0 Å². The van der Waals surface area contributed by atoms with Gasteiger partial charge in [0.05, 0.1) is 6.61 Å². The van der Waals surface area contributed by atoms with E-state index in [1.165, 1.54) is 0 Å². The normalized spacial score (nSPS) is 24.2. The van der Waals surface area contributed by atoms with Crippen LogP contribution in [0.25, 0.3) is 0 Å². The Morgan fingerprint density at radius 3 is 2.44 bits per heavy atom. The zero-order valence-electron chi connectivity index (χ0n) is 8.89. The van der Waals surface area contributed by atoms with Crippen LogP contribution in [0.4, 0.5) is 0 Å². The molecular weight excluding hydrogens is 212 g/mol. The molecule has 1 saturated heterocycles. The Balaban J connectivity index is 2.56. The lowest BCUT2D eigenvalue weighted by molar-refractivity contribution is -0.221. The van der Waals surface area contributed by atoms with Gasteiger partial charge in [0.15, 0.2) is 6.10 Å². The highest BCUT2D eigenvalue weighted by Crippen LogP contribution is 2.18. The molecule has 2 unspecified atom stereocenters. The van der Waals surface area contributed by atoms with E-state index in [4.69, 9.17) is 14.2 Å². The molecule has 1 rings (SSSR count). The number of hydrogen-bond donors (Lipinski definition) is 0. The van der Waals surface area contributed by atoms with E-state index in [1.807, 2.05) is 0 Å². The van der Waals surface area contributed by atoms with Gasteiger partial charge in [0.25, 0.3) is 0 Å². The van der Waals surface area contributed by atoms with Gasteiger partial charge in [0.2, 0.25) is 6.29 Å². The van der Waals surface area contributed by atoms with Gasteiger partial charge in [-0.1, -0.05) is 13.2 Å². The van der Waals surface area contributed by atoms with Crippen molar-refractivity contribution in [3.05, 3.63) is 25.3 Å². The van der Waals surface area contributed by atoms with Crippen molar-refractivity contribution in [2.75, 3.05) is 6.61 Å². The summed E-state index contributed by atoms with van der Waals surface area (Å²) in [5.41, 5.74) is 0. The number of carbonyl (C=O) groups is 2. The van der Waals surface area contributed by atoms with Gasteiger partial charge in [-0.05, 0) is 12.8 Å². The molecule has 5 heteroatoms. The first-order valence-corrected chi connectivity index (χ1v) is 4.95. The fraction of sp³-hybridized carbons (Fsp3) is 0.455. The smallest absolute Gasteiger partial charge is 0.332 e. The standard InChI is InChI=1S/C11H14O5/c1-3-9(12)15-8-6-5-7-14-11(8)16-10(13)4-2/h3-4,8,11H,1-2,5-7H2. The predicted octanol–water partition coefficient (Wildman–Crippen LogP) is 0.950. The summed E-state index contributed by atoms with van der Waals surface area (Å²) in [5, 5.41) is 0. The van der Waals surface area contributed by atoms with Crippen molar-refractivity contribution in [1.29, 1.82) is 0 Å². The highest BCUT2D eigenvalue weighted by atomic mass is 16.7. The largest absolute Gasteiger partial charge is 0.453 e. The molecule has 0 amide bonds. The van der Waals surface area contributed by atoms with E-state index in [9.17, 15) is 9.59 Å². The van der Waals surface area contributed by atoms with Crippen molar-refractivity contribution < 1.29 is 23.8 Å². The fourth-order valence-corrected chi connectivity index (χ4v) is 1.31. The minimum atomic E-state index is -0.858. The minimum Gasteiger partial charge on any atom is -0.453 e. The number of carbonyl (C=O) groups excluding carboxylic acids is 2. The van der Waals surface area contributed by atoms with Gasteiger partial charge in [-0.15, -0.1) is 0 Å². The molecule has 0 radical (unpaired) electrons. The summed E-state index contributed by atoms with van der Waals surface area (Å²) in [6.45, 7) is 7.03. The van der Waals surface area contributed by atoms with E-state index < -0.39 is 24.3 Å². The first-order chi connectivity index (χ1) is 7.67. The van der Waals surface area contributed by atoms with E-state index >= 15 is 0 Å². The van der Waals surface area contributed by atoms with Crippen molar-refractivity contribution in [3.8, 4) is 0 Å². The van der Waals surface area contributed by atoms with E-state index in [0.717, 1.165) is 18.6 Å². The van der Waals surface area contributed by atoms with Crippen LogP contribution < -0.4 is 0 Å². The monoisotopic (exact) mass is 226 g/mol. The van der Waals surface area contributed by atoms with Crippen LogP contribution in [-0.2, 0) is 23.8 Å². The van der Waals surface area contributed by atoms with Crippen molar-refractivity contribution in [2.24, 2.45) is 0 Å². The van der Waals surface area contributed by atoms with Crippen LogP contribution >= 0.6 is 0 Å². The van der Waals surface area contributed by atoms with Crippen LogP contribution in [0.2, 0.25) is 0 Å². The molecule has 0 saturated carbocycles. The Hall–Kier alpha value is -1.62. The average molecular weight is 226 g/mol. The molecule has 1 fully saturated rings. The fourth-order valence-electron chi connectivity index (χ4n) is 1.31. The summed E-state index contributed by atoms with van der Waals surface area (Å²) >= 11 is 0. The Morgan fingerprint density at radius 1 is 1.19 bits per heavy atom. The Kier molecular flexibility index (Phi) is 4.72. The van der Waals surface area contributed by atoms with Crippen LogP contribution in [0.3, 0.4) is 0 Å². The molecule has 0 spiro atoms. The third-order valence-corrected chi connectivity index (χ3v) is 2.05. The van der Waals surface area contributed by atoms with Gasteiger partial charge in [-0.2, -0.15) is 0 Å². The molecule has 2 atom stereocenters. The van der Waals surface area contributed by atoms with Crippen LogP contribution in [0.15, 0.2) is 25.3 Å². The maximum atomic E-state index is 11.0. The summed E-state index contributed by atoms with van der Waals surface area (Å²) in [5.74, 6) is -1.17. The molecule has 0 N–H and O–H groups in total. The summed E-state index contributed by atoms with van der Waals surface area (Å²) in [7, 11) is 0. The third kappa shape index (κ3) is 3.51. The van der Waals surface area contributed by atoms with Gasteiger partial charge in [0, 0.05) is 12.2 Å². The molecule has 0 aliphatic carbocycles. The van der Waals surface area contributed by atoms with Crippen LogP contribution in [-0.4, -0.2) is 30.9 Å². The number of ether oxygens (including phenoxy) is 3. The number of hydrogen-bond acceptors (Lipinski definition) is 5. The molecule has 0 aromatic heterocycles. The lowest BCUT2D eigenvalue weighted by Crippen LogP contribution is -2.40. The highest BCUT2D eigenvalue weighted by Gasteiger charge is 2.31. The van der Waals surface area contributed by atoms with E-state index in [-0.39, 0.29) is 0 Å². The zero-order valence-corrected chi connectivity index (χ0v) is 8.89. The summed E-state index contributed by atoms with van der Waals surface area (Å²) in [4.78, 5) is 22.0. The molecule has 88 valence electrons. The zero-order chi connectivity index (χ0) is 12.0. The average Bonchev–Trinajstić information content (AvgIpc) is 2.31. The molecule has 0 aromatic carbocycles. The molecule has 16 heavy (non-hydrogen) atoms. The van der Waals surface area contributed by atoms with Crippen LogP contribution in [0.1, 0.15) is 12.8 Å². The van der Waals surface area contributed by atoms with Crippen LogP contribution in [0.5, 0.6) is 0 Å². The number of esters is 2. The lowest BCUT2D eigenvalue weighted by Gasteiger charge is -2.29. The van der Waals surface area contributed by atoms with E-state index in [0.29, 0.717) is 13.0 Å². The molecule has 1 heterocycles. The Bertz CT molecular complexity index is 267. The highest BCUT2D eigenvalue weighted by molar-refractivity contribution is 5.82. The SMILES string of the molecule is C=CC(=O)OC1CCCOC1OC(=O)C=C. The number of rotatable bonds is 4. The quantitative estimate of drug-likeness (QED) is 0.527. The summed E-state index contributed by atoms with van der Waals surface area (Å²) < 4.78 is 15.1. The van der Waals surface area contributed by atoms with Gasteiger partial charge in [-0.3, -0.25) is 0 Å². The van der Waals surface area contributed by atoms with Gasteiger partial charge in [0.1, 0.15) is 0 Å². The molecule has 5 nitrogen and oxygen atoms in total. The molecule has 1 aliphatic rings. The molecule has 0 bridgehead atoms. The molecular formula is C11H14O5. The third-order valence-electron chi connectivity index (χ3n) is 2.05. The maximum Gasteiger partial charge on any atom is 0.332 e. The van der Waals surface area contributed by atoms with Gasteiger partial charge in [-0.25, -0.2) is 9.59 Å². The van der Waals surface area contributed by atoms with E-state index in [1.54, 1.807) is 0 Å². The molecule has 1 aliphatic heterocycles. The first-order valence-electron chi connectivity index (χ1n) is 4.95. The second kappa shape index (κ2) is 6.07. The Labute approximate surface area is 93.7 Å². The topological polar surface area (TPSA) is 61.8 Å².